The van der Waals surface area contributed by atoms with Crippen LogP contribution in [0.25, 0.3) is 0 Å². The van der Waals surface area contributed by atoms with Crippen molar-refractivity contribution >= 4 is 23.4 Å². The van der Waals surface area contributed by atoms with Gasteiger partial charge in [0, 0.05) is 82.3 Å². The minimum Gasteiger partial charge on any atom is -0.341 e. The second-order valence-corrected chi connectivity index (χ2v) is 11.3. The summed E-state index contributed by atoms with van der Waals surface area (Å²) < 4.78 is 0. The summed E-state index contributed by atoms with van der Waals surface area (Å²) in [6.07, 6.45) is 6.61. The van der Waals surface area contributed by atoms with Gasteiger partial charge in [-0.2, -0.15) is 0 Å². The molecular formula is C30H39N5O3. The molecular weight excluding hydrogens is 478 g/mol. The first kappa shape index (κ1) is 26.4. The van der Waals surface area contributed by atoms with E-state index in [9.17, 15) is 14.4 Å². The van der Waals surface area contributed by atoms with Crippen LogP contribution in [-0.2, 0) is 27.5 Å². The van der Waals surface area contributed by atoms with Crippen LogP contribution in [0.15, 0.2) is 48.8 Å². The molecule has 2 aromatic rings. The first-order valence-corrected chi connectivity index (χ1v) is 13.9. The second kappa shape index (κ2) is 11.2. The fraction of sp³-hybridized carbons (Fsp3) is 0.533. The Morgan fingerprint density at radius 3 is 2.34 bits per heavy atom. The van der Waals surface area contributed by atoms with Crippen LogP contribution in [0.1, 0.15) is 51.2 Å². The summed E-state index contributed by atoms with van der Waals surface area (Å²) in [7, 11) is 0. The third kappa shape index (κ3) is 5.46. The van der Waals surface area contributed by atoms with E-state index in [0.717, 1.165) is 37.1 Å². The summed E-state index contributed by atoms with van der Waals surface area (Å²) in [5.74, 6) is -0.00797. The van der Waals surface area contributed by atoms with Gasteiger partial charge in [0.05, 0.1) is 5.92 Å². The molecule has 8 nitrogen and oxygen atoms in total. The van der Waals surface area contributed by atoms with Gasteiger partial charge in [-0.1, -0.05) is 32.0 Å². The monoisotopic (exact) mass is 517 g/mol. The molecule has 0 spiro atoms. The number of anilines is 1. The standard InChI is InChI=1S/C30H39N5O3/c1-21(2)29(37)32-18-25(19-32)30(38)33-17-24-6-4-5-7-28(24)34(22(3)36)15-12-26-8-9-27(20-33)35(26)16-23-10-13-31-14-11-23/h4-7,10-11,13-14,21,25-27H,8-9,12,15-20H2,1-3H3/t26-,27+/m1/s1. The van der Waals surface area contributed by atoms with Gasteiger partial charge < -0.3 is 14.7 Å². The molecule has 0 saturated carbocycles. The molecule has 0 aliphatic carbocycles. The highest BCUT2D eigenvalue weighted by Crippen LogP contribution is 2.33. The van der Waals surface area contributed by atoms with E-state index in [1.54, 1.807) is 11.8 Å². The molecule has 3 amide bonds. The van der Waals surface area contributed by atoms with Gasteiger partial charge in [-0.05, 0) is 48.6 Å². The first-order chi connectivity index (χ1) is 18.3. The first-order valence-electron chi connectivity index (χ1n) is 13.9. The van der Waals surface area contributed by atoms with E-state index in [1.807, 2.05) is 60.3 Å². The summed E-state index contributed by atoms with van der Waals surface area (Å²) >= 11 is 0. The van der Waals surface area contributed by atoms with Gasteiger partial charge in [-0.15, -0.1) is 0 Å². The number of benzene rings is 1. The Hall–Kier alpha value is -3.26. The van der Waals surface area contributed by atoms with Crippen LogP contribution >= 0.6 is 0 Å². The van der Waals surface area contributed by atoms with E-state index in [1.165, 1.54) is 5.56 Å². The van der Waals surface area contributed by atoms with E-state index in [4.69, 9.17) is 0 Å². The average molecular weight is 518 g/mol. The minimum atomic E-state index is -0.176. The molecule has 8 heteroatoms. The van der Waals surface area contributed by atoms with Gasteiger partial charge in [0.15, 0.2) is 0 Å². The quantitative estimate of drug-likeness (QED) is 0.622. The number of hydrogen-bond donors (Lipinski definition) is 0. The molecule has 2 atom stereocenters. The average Bonchev–Trinajstić information content (AvgIpc) is 3.23. The zero-order chi connectivity index (χ0) is 26.8. The third-order valence-electron chi connectivity index (χ3n) is 8.37. The summed E-state index contributed by atoms with van der Waals surface area (Å²) in [5, 5.41) is 0. The number of aromatic nitrogens is 1. The highest BCUT2D eigenvalue weighted by molar-refractivity contribution is 5.92. The fourth-order valence-electron chi connectivity index (χ4n) is 6.24. The predicted molar refractivity (Wildman–Crippen MR) is 146 cm³/mol. The van der Waals surface area contributed by atoms with E-state index >= 15 is 0 Å². The Balaban J connectivity index is 1.45. The highest BCUT2D eigenvalue weighted by atomic mass is 16.2. The fourth-order valence-corrected chi connectivity index (χ4v) is 6.24. The number of para-hydroxylation sites is 1. The van der Waals surface area contributed by atoms with Crippen molar-refractivity contribution < 1.29 is 14.4 Å². The molecule has 2 bridgehead atoms. The van der Waals surface area contributed by atoms with E-state index in [-0.39, 0.29) is 35.6 Å². The van der Waals surface area contributed by atoms with Gasteiger partial charge in [0.25, 0.3) is 0 Å². The zero-order valence-electron chi connectivity index (χ0n) is 22.8. The van der Waals surface area contributed by atoms with Crippen molar-refractivity contribution in [2.24, 2.45) is 11.8 Å². The number of pyridine rings is 1. The SMILES string of the molecule is CC(=O)N1CC[C@H]2CC[C@@H](CN(C(=O)C3CN(C(=O)C(C)C)C3)Cc3ccccc31)N2Cc1ccncc1. The molecule has 5 rings (SSSR count). The number of carbonyl (C=O) groups is 3. The number of hydrogen-bond acceptors (Lipinski definition) is 5. The topological polar surface area (TPSA) is 77.1 Å². The van der Waals surface area contributed by atoms with Gasteiger partial charge >= 0.3 is 0 Å². The molecule has 3 aliphatic heterocycles. The Labute approximate surface area is 225 Å². The largest absolute Gasteiger partial charge is 0.341 e. The lowest BCUT2D eigenvalue weighted by molar-refractivity contribution is -0.151. The molecule has 1 aromatic carbocycles. The molecule has 202 valence electrons. The smallest absolute Gasteiger partial charge is 0.229 e. The molecule has 4 heterocycles. The molecule has 0 radical (unpaired) electrons. The molecule has 1 aromatic heterocycles. The summed E-state index contributed by atoms with van der Waals surface area (Å²) in [4.78, 5) is 51.5. The number of amides is 3. The normalized spacial score (nSPS) is 22.6. The van der Waals surface area contributed by atoms with Crippen LogP contribution in [0.2, 0.25) is 0 Å². The summed E-state index contributed by atoms with van der Waals surface area (Å²) in [6, 6.07) is 12.7. The Kier molecular flexibility index (Phi) is 7.79. The minimum absolute atomic E-state index is 0.0200. The zero-order valence-corrected chi connectivity index (χ0v) is 22.8. The van der Waals surface area contributed by atoms with Crippen molar-refractivity contribution in [1.29, 1.82) is 0 Å². The van der Waals surface area contributed by atoms with Crippen LogP contribution in [0.4, 0.5) is 5.69 Å². The Bertz CT molecular complexity index is 1160. The van der Waals surface area contributed by atoms with Crippen LogP contribution in [0.5, 0.6) is 0 Å². The number of fused-ring (bicyclic) bond motifs is 3. The molecule has 0 unspecified atom stereocenters. The van der Waals surface area contributed by atoms with Crippen molar-refractivity contribution in [1.82, 2.24) is 19.7 Å². The number of likely N-dealkylation sites (tertiary alicyclic amines) is 1. The third-order valence-corrected chi connectivity index (χ3v) is 8.37. The number of nitrogens with zero attached hydrogens (tertiary/aromatic N) is 5. The second-order valence-electron chi connectivity index (χ2n) is 11.3. The van der Waals surface area contributed by atoms with Gasteiger partial charge in [0.2, 0.25) is 17.7 Å². The van der Waals surface area contributed by atoms with Crippen LogP contribution in [0.3, 0.4) is 0 Å². The van der Waals surface area contributed by atoms with Gasteiger partial charge in [-0.3, -0.25) is 24.3 Å². The maximum absolute atomic E-state index is 13.9. The van der Waals surface area contributed by atoms with Crippen molar-refractivity contribution in [2.45, 2.75) is 65.2 Å². The van der Waals surface area contributed by atoms with Crippen LogP contribution in [0, 0.1) is 11.8 Å². The summed E-state index contributed by atoms with van der Waals surface area (Å²) in [5.41, 5.74) is 3.09. The Morgan fingerprint density at radius 1 is 0.921 bits per heavy atom. The molecule has 38 heavy (non-hydrogen) atoms. The lowest BCUT2D eigenvalue weighted by Crippen LogP contribution is -2.58. The van der Waals surface area contributed by atoms with Crippen LogP contribution < -0.4 is 4.90 Å². The van der Waals surface area contributed by atoms with Crippen molar-refractivity contribution in [3.05, 3.63) is 59.9 Å². The molecule has 2 saturated heterocycles. The number of carbonyl (C=O) groups excluding carboxylic acids is 3. The van der Waals surface area contributed by atoms with E-state index in [2.05, 4.69) is 22.0 Å². The lowest BCUT2D eigenvalue weighted by atomic mass is 9.95. The molecule has 3 aliphatic rings. The van der Waals surface area contributed by atoms with E-state index < -0.39 is 0 Å². The van der Waals surface area contributed by atoms with Crippen molar-refractivity contribution in [2.75, 3.05) is 31.1 Å². The van der Waals surface area contributed by atoms with Gasteiger partial charge in [0.1, 0.15) is 0 Å². The summed E-state index contributed by atoms with van der Waals surface area (Å²) in [6.45, 7) is 8.95. The molecule has 2 fully saturated rings. The van der Waals surface area contributed by atoms with E-state index in [0.29, 0.717) is 38.8 Å². The predicted octanol–water partition coefficient (Wildman–Crippen LogP) is 3.31. The van der Waals surface area contributed by atoms with Gasteiger partial charge in [-0.25, -0.2) is 0 Å². The van der Waals surface area contributed by atoms with Crippen LogP contribution in [-0.4, -0.2) is 75.7 Å². The van der Waals surface area contributed by atoms with Crippen molar-refractivity contribution in [3.8, 4) is 0 Å². The number of rotatable bonds is 4. The maximum Gasteiger partial charge on any atom is 0.229 e. The Morgan fingerprint density at radius 2 is 1.63 bits per heavy atom. The lowest BCUT2D eigenvalue weighted by Gasteiger charge is -2.42. The maximum atomic E-state index is 13.9. The van der Waals surface area contributed by atoms with Crippen molar-refractivity contribution in [3.63, 3.8) is 0 Å². The highest BCUT2D eigenvalue weighted by Gasteiger charge is 2.41. The molecule has 0 N–H and O–H groups in total.